The molecule has 0 saturated heterocycles. The largest absolute Gasteiger partial charge is 0.456 e. The highest BCUT2D eigenvalue weighted by atomic mass is 16.3. The first-order valence-electron chi connectivity index (χ1n) is 15.8. The van der Waals surface area contributed by atoms with Crippen LogP contribution in [-0.4, -0.2) is 15.0 Å². The van der Waals surface area contributed by atoms with Gasteiger partial charge in [-0.1, -0.05) is 103 Å². The summed E-state index contributed by atoms with van der Waals surface area (Å²) >= 11 is 0. The highest BCUT2D eigenvalue weighted by Crippen LogP contribution is 2.41. The summed E-state index contributed by atoms with van der Waals surface area (Å²) in [5.74, 6) is 0.666. The number of benzene rings is 7. The van der Waals surface area contributed by atoms with Crippen molar-refractivity contribution in [1.82, 2.24) is 15.0 Å². The van der Waals surface area contributed by atoms with Gasteiger partial charge < -0.3 is 4.42 Å². The summed E-state index contributed by atoms with van der Waals surface area (Å²) in [5, 5.41) is 9.60. The first-order chi connectivity index (χ1) is 23.3. The Morgan fingerprint density at radius 1 is 0.426 bits per heavy atom. The average Bonchev–Trinajstić information content (AvgIpc) is 3.52. The fourth-order valence-electron chi connectivity index (χ4n) is 7.15. The molecule has 0 fully saturated rings. The van der Waals surface area contributed by atoms with E-state index < -0.39 is 0 Å². The molecule has 0 aliphatic heterocycles. The van der Waals surface area contributed by atoms with Crippen LogP contribution in [0.2, 0.25) is 0 Å². The lowest BCUT2D eigenvalue weighted by Crippen LogP contribution is -1.98. The molecule has 4 heteroatoms. The minimum absolute atomic E-state index is 0.666. The maximum atomic E-state index is 6.16. The van der Waals surface area contributed by atoms with Gasteiger partial charge in [-0.25, -0.2) is 9.97 Å². The second-order valence-corrected chi connectivity index (χ2v) is 12.0. The summed E-state index contributed by atoms with van der Waals surface area (Å²) in [7, 11) is 0. The zero-order chi connectivity index (χ0) is 30.9. The third-order valence-electron chi connectivity index (χ3n) is 9.34. The third-order valence-corrected chi connectivity index (χ3v) is 9.34. The van der Waals surface area contributed by atoms with Crippen molar-refractivity contribution in [2.24, 2.45) is 0 Å². The summed E-state index contributed by atoms with van der Waals surface area (Å²) in [4.78, 5) is 15.0. The first-order valence-corrected chi connectivity index (χ1v) is 15.8. The van der Waals surface area contributed by atoms with Crippen LogP contribution >= 0.6 is 0 Å². The molecule has 218 valence electrons. The molecule has 10 rings (SSSR count). The van der Waals surface area contributed by atoms with Crippen LogP contribution in [0, 0.1) is 0 Å². The van der Waals surface area contributed by atoms with Crippen LogP contribution in [-0.2, 0) is 0 Å². The Kier molecular flexibility index (Phi) is 5.54. The predicted octanol–water partition coefficient (Wildman–Crippen LogP) is 11.3. The van der Waals surface area contributed by atoms with Crippen molar-refractivity contribution < 1.29 is 4.42 Å². The van der Waals surface area contributed by atoms with E-state index in [9.17, 15) is 0 Å². The molecule has 7 aromatic carbocycles. The number of rotatable bonds is 4. The highest BCUT2D eigenvalue weighted by Gasteiger charge is 2.18. The third kappa shape index (κ3) is 4.05. The van der Waals surface area contributed by atoms with Crippen molar-refractivity contribution in [2.75, 3.05) is 0 Å². The standard InChI is InChI=1S/C43H25N3O/c1-2-12-35(31(10-1)30-9-6-22-44-25-30)43-45-37(29-18-21-40-36(23-29)33-11-3-4-13-39(33)47-40)24-38(46-43)32-19-16-28-15-14-26-7-5-8-27-17-20-34(32)42(28)41(26)27/h1-25H. The molecule has 10 aromatic rings. The van der Waals surface area contributed by atoms with Gasteiger partial charge in [-0.15, -0.1) is 0 Å². The van der Waals surface area contributed by atoms with Crippen molar-refractivity contribution in [2.45, 2.75) is 0 Å². The van der Waals surface area contributed by atoms with Gasteiger partial charge in [0.2, 0.25) is 0 Å². The van der Waals surface area contributed by atoms with Gasteiger partial charge in [0.1, 0.15) is 11.2 Å². The molecular formula is C43H25N3O. The molecule has 3 aromatic heterocycles. The molecule has 3 heterocycles. The second-order valence-electron chi connectivity index (χ2n) is 12.0. The molecule has 47 heavy (non-hydrogen) atoms. The summed E-state index contributed by atoms with van der Waals surface area (Å²) in [6, 6.07) is 48.8. The number of pyridine rings is 1. The van der Waals surface area contributed by atoms with Crippen LogP contribution in [0.1, 0.15) is 0 Å². The van der Waals surface area contributed by atoms with Crippen LogP contribution in [0.3, 0.4) is 0 Å². The Balaban J connectivity index is 1.26. The fraction of sp³-hybridized carbons (Fsp3) is 0. The van der Waals surface area contributed by atoms with Crippen molar-refractivity contribution >= 4 is 54.3 Å². The molecule has 0 spiro atoms. The summed E-state index contributed by atoms with van der Waals surface area (Å²) in [6.45, 7) is 0. The lowest BCUT2D eigenvalue weighted by molar-refractivity contribution is 0.669. The van der Waals surface area contributed by atoms with E-state index in [2.05, 4.69) is 108 Å². The summed E-state index contributed by atoms with van der Waals surface area (Å²) in [6.07, 6.45) is 3.69. The number of furan rings is 1. The quantitative estimate of drug-likeness (QED) is 0.189. The van der Waals surface area contributed by atoms with Crippen LogP contribution < -0.4 is 0 Å². The smallest absolute Gasteiger partial charge is 0.161 e. The normalized spacial score (nSPS) is 11.8. The van der Waals surface area contributed by atoms with Crippen LogP contribution in [0.4, 0.5) is 0 Å². The van der Waals surface area contributed by atoms with Crippen molar-refractivity contribution in [3.8, 4) is 45.0 Å². The van der Waals surface area contributed by atoms with Crippen LogP contribution in [0.15, 0.2) is 156 Å². The zero-order valence-corrected chi connectivity index (χ0v) is 25.2. The maximum absolute atomic E-state index is 6.16. The molecule has 4 nitrogen and oxygen atoms in total. The Morgan fingerprint density at radius 3 is 2.04 bits per heavy atom. The topological polar surface area (TPSA) is 51.8 Å². The SMILES string of the molecule is c1cncc(-c2ccccc2-c2nc(-c3ccc4oc5ccccc5c4c3)cc(-c3ccc4ccc5cccc6ccc3c4c56)n2)c1. The van der Waals surface area contributed by atoms with Gasteiger partial charge >= 0.3 is 0 Å². The number of aromatic nitrogens is 3. The molecule has 0 bridgehead atoms. The van der Waals surface area contributed by atoms with Gasteiger partial charge in [0.15, 0.2) is 5.82 Å². The van der Waals surface area contributed by atoms with E-state index in [0.29, 0.717) is 5.82 Å². The summed E-state index contributed by atoms with van der Waals surface area (Å²) < 4.78 is 6.16. The Hall–Kier alpha value is -6.39. The van der Waals surface area contributed by atoms with Crippen molar-refractivity contribution in [1.29, 1.82) is 0 Å². The van der Waals surface area contributed by atoms with E-state index in [1.54, 1.807) is 6.20 Å². The Labute approximate surface area is 270 Å². The molecule has 0 unspecified atom stereocenters. The number of fused-ring (bicyclic) bond motifs is 3. The molecule has 0 saturated carbocycles. The van der Waals surface area contributed by atoms with Gasteiger partial charge in [0, 0.05) is 45.4 Å². The zero-order valence-electron chi connectivity index (χ0n) is 25.2. The predicted molar refractivity (Wildman–Crippen MR) is 193 cm³/mol. The molecule has 0 amide bonds. The van der Waals surface area contributed by atoms with Crippen LogP contribution in [0.5, 0.6) is 0 Å². The highest BCUT2D eigenvalue weighted by molar-refractivity contribution is 6.25. The number of nitrogens with zero attached hydrogens (tertiary/aromatic N) is 3. The number of hydrogen-bond donors (Lipinski definition) is 0. The molecular weight excluding hydrogens is 574 g/mol. The van der Waals surface area contributed by atoms with E-state index in [-0.39, 0.29) is 0 Å². The van der Waals surface area contributed by atoms with E-state index in [0.717, 1.165) is 61.1 Å². The number of para-hydroxylation sites is 1. The van der Waals surface area contributed by atoms with Crippen molar-refractivity contribution in [3.63, 3.8) is 0 Å². The van der Waals surface area contributed by atoms with Gasteiger partial charge in [-0.05, 0) is 74.3 Å². The van der Waals surface area contributed by atoms with E-state index in [4.69, 9.17) is 14.4 Å². The minimum Gasteiger partial charge on any atom is -0.456 e. The molecule has 0 aliphatic rings. The average molecular weight is 600 g/mol. The Bertz CT molecular complexity index is 2780. The van der Waals surface area contributed by atoms with Gasteiger partial charge in [0.05, 0.1) is 11.4 Å². The lowest BCUT2D eigenvalue weighted by atomic mass is 9.91. The maximum Gasteiger partial charge on any atom is 0.161 e. The second kappa shape index (κ2) is 10.1. The summed E-state index contributed by atoms with van der Waals surface area (Å²) in [5.41, 5.74) is 8.56. The fourth-order valence-corrected chi connectivity index (χ4v) is 7.15. The van der Waals surface area contributed by atoms with E-state index in [1.165, 1.54) is 32.3 Å². The van der Waals surface area contributed by atoms with E-state index in [1.807, 2.05) is 42.6 Å². The monoisotopic (exact) mass is 599 g/mol. The number of hydrogen-bond acceptors (Lipinski definition) is 4. The first kappa shape index (κ1) is 25.9. The van der Waals surface area contributed by atoms with Gasteiger partial charge in [0.25, 0.3) is 0 Å². The Morgan fingerprint density at radius 2 is 1.17 bits per heavy atom. The molecule has 0 radical (unpaired) electrons. The van der Waals surface area contributed by atoms with Gasteiger partial charge in [-0.2, -0.15) is 0 Å². The van der Waals surface area contributed by atoms with E-state index >= 15 is 0 Å². The van der Waals surface area contributed by atoms with Crippen LogP contribution in [0.25, 0.3) is 99.3 Å². The minimum atomic E-state index is 0.666. The molecule has 0 aliphatic carbocycles. The molecule has 0 N–H and O–H groups in total. The molecule has 0 atom stereocenters. The van der Waals surface area contributed by atoms with Gasteiger partial charge in [-0.3, -0.25) is 4.98 Å². The lowest BCUT2D eigenvalue weighted by Gasteiger charge is -2.16. The van der Waals surface area contributed by atoms with Crippen molar-refractivity contribution in [3.05, 3.63) is 152 Å².